The fraction of sp³-hybridized carbons (Fsp3) is 0.625. The molecule has 1 saturated carbocycles. The van der Waals surface area contributed by atoms with Crippen LogP contribution in [0, 0.1) is 11.8 Å². The molecule has 0 amide bonds. The van der Waals surface area contributed by atoms with Gasteiger partial charge >= 0.3 is 0 Å². The van der Waals surface area contributed by atoms with Crippen molar-refractivity contribution in [2.45, 2.75) is 26.2 Å². The van der Waals surface area contributed by atoms with Crippen LogP contribution in [-0.2, 0) is 11.2 Å². The largest absolute Gasteiger partial charge is 0.381 e. The molecule has 0 heterocycles. The van der Waals surface area contributed by atoms with E-state index in [1.807, 2.05) is 0 Å². The number of halogens is 1. The Hall–Kier alpha value is -0.380. The van der Waals surface area contributed by atoms with Crippen LogP contribution in [0.5, 0.6) is 0 Å². The van der Waals surface area contributed by atoms with Crippen molar-refractivity contribution < 1.29 is 4.74 Å². The normalized spacial score (nSPS) is 16.5. The predicted octanol–water partition coefficient (Wildman–Crippen LogP) is 3.64. The first kappa shape index (κ1) is 15.0. The molecule has 0 saturated heterocycles. The molecule has 1 N–H and O–H groups in total. The van der Waals surface area contributed by atoms with Crippen LogP contribution in [0.4, 0.5) is 0 Å². The van der Waals surface area contributed by atoms with Gasteiger partial charge in [0.15, 0.2) is 0 Å². The highest BCUT2D eigenvalue weighted by Gasteiger charge is 2.21. The molecule has 0 aromatic heterocycles. The van der Waals surface area contributed by atoms with Crippen molar-refractivity contribution in [3.63, 3.8) is 0 Å². The van der Waals surface area contributed by atoms with Crippen molar-refractivity contribution in [1.82, 2.24) is 5.32 Å². The summed E-state index contributed by atoms with van der Waals surface area (Å²) in [5, 5.41) is 3.45. The Labute approximate surface area is 125 Å². The third-order valence-electron chi connectivity index (χ3n) is 3.50. The summed E-state index contributed by atoms with van der Waals surface area (Å²) in [6.45, 7) is 6.05. The number of rotatable bonds is 9. The quantitative estimate of drug-likeness (QED) is 0.748. The van der Waals surface area contributed by atoms with E-state index < -0.39 is 0 Å². The van der Waals surface area contributed by atoms with E-state index in [4.69, 9.17) is 4.74 Å². The van der Waals surface area contributed by atoms with Crippen LogP contribution in [0.3, 0.4) is 0 Å². The molecule has 19 heavy (non-hydrogen) atoms. The van der Waals surface area contributed by atoms with Gasteiger partial charge in [0, 0.05) is 17.6 Å². The summed E-state index contributed by atoms with van der Waals surface area (Å²) in [4.78, 5) is 0. The van der Waals surface area contributed by atoms with Gasteiger partial charge in [-0.2, -0.15) is 0 Å². The molecule has 0 radical (unpaired) electrons. The monoisotopic (exact) mass is 325 g/mol. The van der Waals surface area contributed by atoms with Crippen LogP contribution in [0.2, 0.25) is 0 Å². The summed E-state index contributed by atoms with van der Waals surface area (Å²) in [6, 6.07) is 8.59. The van der Waals surface area contributed by atoms with Crippen LogP contribution in [-0.4, -0.2) is 26.3 Å². The highest BCUT2D eigenvalue weighted by atomic mass is 79.9. The molecular weight excluding hydrogens is 302 g/mol. The lowest BCUT2D eigenvalue weighted by molar-refractivity contribution is 0.0909. The van der Waals surface area contributed by atoms with Gasteiger partial charge in [-0.15, -0.1) is 0 Å². The van der Waals surface area contributed by atoms with Crippen molar-refractivity contribution >= 4 is 15.9 Å². The van der Waals surface area contributed by atoms with Crippen molar-refractivity contribution in [3.05, 3.63) is 34.3 Å². The van der Waals surface area contributed by atoms with Gasteiger partial charge in [0.2, 0.25) is 0 Å². The molecule has 106 valence electrons. The molecule has 3 heteroatoms. The average molecular weight is 326 g/mol. The summed E-state index contributed by atoms with van der Waals surface area (Å²) < 4.78 is 7.03. The molecule has 1 aromatic carbocycles. The Morgan fingerprint density at radius 2 is 2.26 bits per heavy atom. The predicted molar refractivity (Wildman–Crippen MR) is 83.4 cm³/mol. The molecule has 1 aromatic rings. The van der Waals surface area contributed by atoms with Gasteiger partial charge in [0.25, 0.3) is 0 Å². The second-order valence-corrected chi connectivity index (χ2v) is 6.40. The Morgan fingerprint density at radius 3 is 2.95 bits per heavy atom. The second-order valence-electron chi connectivity index (χ2n) is 5.49. The number of ether oxygens (including phenoxy) is 1. The van der Waals surface area contributed by atoms with E-state index >= 15 is 0 Å². The summed E-state index contributed by atoms with van der Waals surface area (Å²) in [5.74, 6) is 1.42. The minimum Gasteiger partial charge on any atom is -0.381 e. The smallest absolute Gasteiger partial charge is 0.0509 e. The molecule has 0 aliphatic heterocycles. The summed E-state index contributed by atoms with van der Waals surface area (Å²) in [5.41, 5.74) is 1.38. The number of hydrogen-bond donors (Lipinski definition) is 1. The van der Waals surface area contributed by atoms with E-state index in [0.29, 0.717) is 5.92 Å². The molecule has 1 unspecified atom stereocenters. The zero-order valence-electron chi connectivity index (χ0n) is 11.7. The highest BCUT2D eigenvalue weighted by molar-refractivity contribution is 9.10. The molecule has 0 bridgehead atoms. The first-order valence-corrected chi connectivity index (χ1v) is 8.10. The lowest BCUT2D eigenvalue weighted by atomic mass is 10.00. The Kier molecular flexibility index (Phi) is 6.35. The standard InChI is InChI=1S/C16H24BrNO/c1-2-18-10-15(12-19-11-13-6-7-13)8-14-4-3-5-16(17)9-14/h3-5,9,13,15,18H,2,6-8,10-12H2,1H3. The number of hydrogen-bond acceptors (Lipinski definition) is 2. The SMILES string of the molecule is CCNCC(COCC1CC1)Cc1cccc(Br)c1. The third-order valence-corrected chi connectivity index (χ3v) is 3.99. The van der Waals surface area contributed by atoms with Gasteiger partial charge in [-0.3, -0.25) is 0 Å². The maximum atomic E-state index is 5.87. The Balaban J connectivity index is 1.80. The van der Waals surface area contributed by atoms with E-state index in [0.717, 1.165) is 43.1 Å². The van der Waals surface area contributed by atoms with Gasteiger partial charge in [0.1, 0.15) is 0 Å². The van der Waals surface area contributed by atoms with Crippen molar-refractivity contribution in [2.75, 3.05) is 26.3 Å². The van der Waals surface area contributed by atoms with Crippen LogP contribution in [0.25, 0.3) is 0 Å². The van der Waals surface area contributed by atoms with Gasteiger partial charge in [-0.1, -0.05) is 35.0 Å². The summed E-state index contributed by atoms with van der Waals surface area (Å²) in [6.07, 6.45) is 3.81. The molecule has 2 nitrogen and oxygen atoms in total. The Morgan fingerprint density at radius 1 is 1.42 bits per heavy atom. The second kappa shape index (κ2) is 8.03. The number of nitrogens with one attached hydrogen (secondary N) is 1. The molecule has 1 atom stereocenters. The zero-order chi connectivity index (χ0) is 13.5. The lowest BCUT2D eigenvalue weighted by Gasteiger charge is -2.18. The summed E-state index contributed by atoms with van der Waals surface area (Å²) >= 11 is 3.54. The van der Waals surface area contributed by atoms with E-state index in [1.165, 1.54) is 18.4 Å². The first-order chi connectivity index (χ1) is 9.28. The fourth-order valence-electron chi connectivity index (χ4n) is 2.22. The van der Waals surface area contributed by atoms with Crippen molar-refractivity contribution in [2.24, 2.45) is 11.8 Å². The molecule has 1 aliphatic rings. The van der Waals surface area contributed by atoms with Crippen LogP contribution >= 0.6 is 15.9 Å². The molecule has 2 rings (SSSR count). The van der Waals surface area contributed by atoms with E-state index in [2.05, 4.69) is 52.4 Å². The maximum absolute atomic E-state index is 5.87. The lowest BCUT2D eigenvalue weighted by Crippen LogP contribution is -2.27. The highest BCUT2D eigenvalue weighted by Crippen LogP contribution is 2.29. The fourth-order valence-corrected chi connectivity index (χ4v) is 2.67. The molecular formula is C16H24BrNO. The topological polar surface area (TPSA) is 21.3 Å². The van der Waals surface area contributed by atoms with E-state index in [-0.39, 0.29) is 0 Å². The van der Waals surface area contributed by atoms with Crippen LogP contribution in [0.15, 0.2) is 28.7 Å². The first-order valence-electron chi connectivity index (χ1n) is 7.30. The summed E-state index contributed by atoms with van der Waals surface area (Å²) in [7, 11) is 0. The van der Waals surface area contributed by atoms with Gasteiger partial charge in [-0.25, -0.2) is 0 Å². The average Bonchev–Trinajstić information content (AvgIpc) is 3.20. The van der Waals surface area contributed by atoms with Crippen LogP contribution < -0.4 is 5.32 Å². The molecule has 0 spiro atoms. The van der Waals surface area contributed by atoms with E-state index in [1.54, 1.807) is 0 Å². The van der Waals surface area contributed by atoms with E-state index in [9.17, 15) is 0 Å². The van der Waals surface area contributed by atoms with Crippen molar-refractivity contribution in [3.8, 4) is 0 Å². The van der Waals surface area contributed by atoms with Gasteiger partial charge in [-0.05, 0) is 55.3 Å². The minimum absolute atomic E-state index is 0.563. The maximum Gasteiger partial charge on any atom is 0.0509 e. The third kappa shape index (κ3) is 6.07. The minimum atomic E-state index is 0.563. The molecule has 1 aliphatic carbocycles. The van der Waals surface area contributed by atoms with Gasteiger partial charge < -0.3 is 10.1 Å². The number of benzene rings is 1. The molecule has 1 fully saturated rings. The Bertz CT molecular complexity index is 379. The van der Waals surface area contributed by atoms with Crippen LogP contribution in [0.1, 0.15) is 25.3 Å². The zero-order valence-corrected chi connectivity index (χ0v) is 13.3. The van der Waals surface area contributed by atoms with Crippen molar-refractivity contribution in [1.29, 1.82) is 0 Å². The van der Waals surface area contributed by atoms with Gasteiger partial charge in [0.05, 0.1) is 6.61 Å².